The van der Waals surface area contributed by atoms with E-state index in [9.17, 15) is 8.42 Å². The van der Waals surface area contributed by atoms with Crippen LogP contribution in [0.1, 0.15) is 5.56 Å². The maximum absolute atomic E-state index is 10.9. The molecule has 1 rings (SSSR count). The molecule has 0 saturated carbocycles. The first-order chi connectivity index (χ1) is 5.95. The van der Waals surface area contributed by atoms with Crippen LogP contribution in [0, 0.1) is 0 Å². The number of sulfonamides is 1. The molecule has 72 valence electrons. The minimum atomic E-state index is -3.73. The van der Waals surface area contributed by atoms with Crippen molar-refractivity contribution in [3.05, 3.63) is 28.8 Å². The van der Waals surface area contributed by atoms with Crippen molar-refractivity contribution in [1.29, 1.82) is 0 Å². The number of nitrogens with two attached hydrogens (primary N) is 2. The molecule has 0 bridgehead atoms. The van der Waals surface area contributed by atoms with Crippen LogP contribution in [-0.2, 0) is 16.6 Å². The summed E-state index contributed by atoms with van der Waals surface area (Å²) in [7, 11) is -3.73. The first-order valence-corrected chi connectivity index (χ1v) is 5.39. The van der Waals surface area contributed by atoms with Crippen molar-refractivity contribution in [2.45, 2.75) is 11.4 Å². The molecule has 0 spiro atoms. The molecule has 0 saturated heterocycles. The number of benzene rings is 1. The van der Waals surface area contributed by atoms with E-state index in [1.54, 1.807) is 6.07 Å². The summed E-state index contributed by atoms with van der Waals surface area (Å²) in [5, 5.41) is 5.01. The maximum atomic E-state index is 10.9. The van der Waals surface area contributed by atoms with Crippen LogP contribution in [0.5, 0.6) is 0 Å². The van der Waals surface area contributed by atoms with Crippen molar-refractivity contribution in [3.8, 4) is 0 Å². The van der Waals surface area contributed by atoms with Crippen molar-refractivity contribution >= 4 is 21.6 Å². The van der Waals surface area contributed by atoms with Gasteiger partial charge in [-0.25, -0.2) is 13.6 Å². The highest BCUT2D eigenvalue weighted by atomic mass is 35.5. The lowest BCUT2D eigenvalue weighted by molar-refractivity contribution is 0.598. The van der Waals surface area contributed by atoms with Gasteiger partial charge in [0.15, 0.2) is 0 Å². The van der Waals surface area contributed by atoms with Crippen molar-refractivity contribution in [1.82, 2.24) is 0 Å². The maximum Gasteiger partial charge on any atom is 0.239 e. The Balaban J connectivity index is 3.29. The first kappa shape index (κ1) is 10.5. The van der Waals surface area contributed by atoms with Gasteiger partial charge in [0.25, 0.3) is 0 Å². The zero-order valence-corrected chi connectivity index (χ0v) is 8.27. The zero-order chi connectivity index (χ0) is 10.1. The first-order valence-electron chi connectivity index (χ1n) is 3.46. The van der Waals surface area contributed by atoms with Crippen LogP contribution in [0.4, 0.5) is 0 Å². The van der Waals surface area contributed by atoms with Gasteiger partial charge in [-0.05, 0) is 17.7 Å². The molecule has 0 unspecified atom stereocenters. The van der Waals surface area contributed by atoms with Gasteiger partial charge < -0.3 is 5.73 Å². The Bertz CT molecular complexity index is 417. The molecule has 6 heteroatoms. The van der Waals surface area contributed by atoms with Gasteiger partial charge in [0, 0.05) is 6.54 Å². The van der Waals surface area contributed by atoms with Crippen molar-refractivity contribution in [2.24, 2.45) is 10.9 Å². The summed E-state index contributed by atoms with van der Waals surface area (Å²) in [4.78, 5) is -0.0774. The van der Waals surface area contributed by atoms with Gasteiger partial charge in [0.05, 0.1) is 5.02 Å². The number of primary sulfonamides is 1. The standard InChI is InChI=1S/C7H9ClN2O2S/c8-6-3-5(4-9)1-2-7(6)13(10,11)12/h1-3H,4,9H2,(H2,10,11,12). The normalized spacial score (nSPS) is 11.6. The van der Waals surface area contributed by atoms with Crippen molar-refractivity contribution in [3.63, 3.8) is 0 Å². The van der Waals surface area contributed by atoms with Gasteiger partial charge >= 0.3 is 0 Å². The number of rotatable bonds is 2. The number of hydrogen-bond donors (Lipinski definition) is 2. The molecule has 0 aromatic heterocycles. The zero-order valence-electron chi connectivity index (χ0n) is 6.70. The second kappa shape index (κ2) is 3.63. The van der Waals surface area contributed by atoms with Gasteiger partial charge in [-0.2, -0.15) is 0 Å². The molecule has 0 heterocycles. The highest BCUT2D eigenvalue weighted by Gasteiger charge is 2.12. The van der Waals surface area contributed by atoms with Gasteiger partial charge in [0.1, 0.15) is 4.90 Å². The van der Waals surface area contributed by atoms with Gasteiger partial charge in [-0.3, -0.25) is 0 Å². The van der Waals surface area contributed by atoms with Crippen LogP contribution in [-0.4, -0.2) is 8.42 Å². The lowest BCUT2D eigenvalue weighted by Gasteiger charge is -2.02. The average Bonchev–Trinajstić information content (AvgIpc) is 2.01. The quantitative estimate of drug-likeness (QED) is 0.759. The Morgan fingerprint density at radius 3 is 2.38 bits per heavy atom. The van der Waals surface area contributed by atoms with Crippen LogP contribution in [0.2, 0.25) is 5.02 Å². The van der Waals surface area contributed by atoms with Crippen LogP contribution >= 0.6 is 11.6 Å². The fourth-order valence-corrected chi connectivity index (χ4v) is 2.02. The van der Waals surface area contributed by atoms with Crippen LogP contribution in [0.3, 0.4) is 0 Å². The highest BCUT2D eigenvalue weighted by molar-refractivity contribution is 7.89. The molecular formula is C7H9ClN2O2S. The summed E-state index contributed by atoms with van der Waals surface area (Å²) < 4.78 is 21.8. The van der Waals surface area contributed by atoms with Crippen molar-refractivity contribution < 1.29 is 8.42 Å². The fourth-order valence-electron chi connectivity index (χ4n) is 0.902. The van der Waals surface area contributed by atoms with Crippen LogP contribution in [0.25, 0.3) is 0 Å². The van der Waals surface area contributed by atoms with E-state index >= 15 is 0 Å². The van der Waals surface area contributed by atoms with E-state index in [1.165, 1.54) is 12.1 Å². The van der Waals surface area contributed by atoms with Gasteiger partial charge in [0.2, 0.25) is 10.0 Å². The molecule has 0 aliphatic carbocycles. The van der Waals surface area contributed by atoms with E-state index in [-0.39, 0.29) is 9.92 Å². The summed E-state index contributed by atoms with van der Waals surface area (Å²) in [6.45, 7) is 0.310. The number of halogens is 1. The minimum Gasteiger partial charge on any atom is -0.326 e. The lowest BCUT2D eigenvalue weighted by atomic mass is 10.2. The Labute approximate surface area is 81.5 Å². The molecule has 0 atom stereocenters. The SMILES string of the molecule is NCc1ccc(S(N)(=O)=O)c(Cl)c1. The topological polar surface area (TPSA) is 86.2 Å². The molecule has 4 N–H and O–H groups in total. The third kappa shape index (κ3) is 2.41. The Hall–Kier alpha value is -0.620. The van der Waals surface area contributed by atoms with E-state index in [1.807, 2.05) is 0 Å². The number of hydrogen-bond acceptors (Lipinski definition) is 3. The minimum absolute atomic E-state index is 0.0774. The largest absolute Gasteiger partial charge is 0.326 e. The smallest absolute Gasteiger partial charge is 0.239 e. The van der Waals surface area contributed by atoms with Gasteiger partial charge in [-0.1, -0.05) is 17.7 Å². The molecular weight excluding hydrogens is 212 g/mol. The van der Waals surface area contributed by atoms with Gasteiger partial charge in [-0.15, -0.1) is 0 Å². The summed E-state index contributed by atoms with van der Waals surface area (Å²) in [6, 6.07) is 4.41. The summed E-state index contributed by atoms with van der Waals surface area (Å²) in [6.07, 6.45) is 0. The molecule has 0 radical (unpaired) electrons. The summed E-state index contributed by atoms with van der Waals surface area (Å²) in [5.74, 6) is 0. The Morgan fingerprint density at radius 2 is 2.00 bits per heavy atom. The summed E-state index contributed by atoms with van der Waals surface area (Å²) in [5.41, 5.74) is 6.10. The second-order valence-electron chi connectivity index (χ2n) is 2.51. The molecule has 13 heavy (non-hydrogen) atoms. The van der Waals surface area contributed by atoms with E-state index in [4.69, 9.17) is 22.5 Å². The monoisotopic (exact) mass is 220 g/mol. The molecule has 4 nitrogen and oxygen atoms in total. The van der Waals surface area contributed by atoms with E-state index in [0.29, 0.717) is 6.54 Å². The van der Waals surface area contributed by atoms with Crippen LogP contribution in [0.15, 0.2) is 23.1 Å². The third-order valence-electron chi connectivity index (χ3n) is 1.54. The predicted molar refractivity (Wildman–Crippen MR) is 50.7 cm³/mol. The molecule has 0 aliphatic heterocycles. The average molecular weight is 221 g/mol. The molecule has 0 fully saturated rings. The fraction of sp³-hybridized carbons (Fsp3) is 0.143. The van der Waals surface area contributed by atoms with Crippen molar-refractivity contribution in [2.75, 3.05) is 0 Å². The predicted octanol–water partition coefficient (Wildman–Crippen LogP) is 0.446. The van der Waals surface area contributed by atoms with E-state index < -0.39 is 10.0 Å². The summed E-state index contributed by atoms with van der Waals surface area (Å²) >= 11 is 5.68. The third-order valence-corrected chi connectivity index (χ3v) is 2.93. The molecule has 0 amide bonds. The highest BCUT2D eigenvalue weighted by Crippen LogP contribution is 2.20. The lowest BCUT2D eigenvalue weighted by Crippen LogP contribution is -2.13. The Kier molecular flexibility index (Phi) is 2.92. The Morgan fingerprint density at radius 1 is 1.38 bits per heavy atom. The molecule has 1 aromatic rings. The molecule has 1 aromatic carbocycles. The van der Waals surface area contributed by atoms with Crippen LogP contribution < -0.4 is 10.9 Å². The van der Waals surface area contributed by atoms with E-state index in [0.717, 1.165) is 5.56 Å². The molecule has 0 aliphatic rings. The van der Waals surface area contributed by atoms with E-state index in [2.05, 4.69) is 0 Å². The second-order valence-corrected chi connectivity index (χ2v) is 4.45.